The van der Waals surface area contributed by atoms with Gasteiger partial charge in [-0.25, -0.2) is 4.98 Å². The maximum absolute atomic E-state index is 12.3. The molecule has 0 aliphatic rings. The van der Waals surface area contributed by atoms with E-state index < -0.39 is 0 Å². The Hall–Kier alpha value is -2.14. The number of carbonyl (C=O) groups is 1. The van der Waals surface area contributed by atoms with Crippen molar-refractivity contribution in [2.24, 2.45) is 0 Å². The smallest absolute Gasteiger partial charge is 0.293 e. The number of carbonyl (C=O) groups excluding carboxylic acids is 1. The lowest BCUT2D eigenvalue weighted by atomic mass is 10.1. The van der Waals surface area contributed by atoms with Crippen molar-refractivity contribution in [1.82, 2.24) is 10.3 Å². The lowest BCUT2D eigenvalue weighted by molar-refractivity contribution is 0.0994. The topological polar surface area (TPSA) is 67.2 Å². The fraction of sp³-hybridized carbons (Fsp3) is 0.375. The predicted octanol–water partition coefficient (Wildman–Crippen LogP) is 3.21. The van der Waals surface area contributed by atoms with Crippen LogP contribution < -0.4 is 10.6 Å². The molecule has 2 N–H and O–H groups in total. The highest BCUT2D eigenvalue weighted by molar-refractivity contribution is 6.03. The second-order valence-electron chi connectivity index (χ2n) is 4.97. The average molecular weight is 287 g/mol. The maximum Gasteiger partial charge on any atom is 0.293 e. The standard InChI is InChI=1S/C16H21N3O2/c1-5-17-10(2)13-8-6-7-9-14(13)19-16(20)15-11(3)18-12(4)21-15/h6-10,17H,5H2,1-4H3,(H,19,20). The minimum absolute atomic E-state index is 0.157. The molecule has 1 atom stereocenters. The summed E-state index contributed by atoms with van der Waals surface area (Å²) < 4.78 is 5.36. The molecule has 0 saturated carbocycles. The number of oxazole rings is 1. The van der Waals surface area contributed by atoms with Crippen molar-refractivity contribution < 1.29 is 9.21 Å². The van der Waals surface area contributed by atoms with Crippen LogP contribution in [0.2, 0.25) is 0 Å². The third-order valence-electron chi connectivity index (χ3n) is 3.30. The monoisotopic (exact) mass is 287 g/mol. The molecule has 0 aliphatic carbocycles. The van der Waals surface area contributed by atoms with E-state index in [0.29, 0.717) is 11.6 Å². The van der Waals surface area contributed by atoms with E-state index in [-0.39, 0.29) is 17.7 Å². The number of rotatable bonds is 5. The van der Waals surface area contributed by atoms with Crippen LogP contribution in [0.1, 0.15) is 47.6 Å². The van der Waals surface area contributed by atoms with Gasteiger partial charge >= 0.3 is 0 Å². The molecule has 0 saturated heterocycles. The Morgan fingerprint density at radius 3 is 2.67 bits per heavy atom. The first kappa shape index (κ1) is 15.3. The van der Waals surface area contributed by atoms with Crippen molar-refractivity contribution in [3.05, 3.63) is 47.2 Å². The molecule has 5 nitrogen and oxygen atoms in total. The molecule has 5 heteroatoms. The lowest BCUT2D eigenvalue weighted by Crippen LogP contribution is -2.20. The minimum atomic E-state index is -0.274. The molecule has 1 amide bonds. The molecule has 1 aromatic heterocycles. The molecule has 0 radical (unpaired) electrons. The molecular weight excluding hydrogens is 266 g/mol. The number of nitrogens with zero attached hydrogens (tertiary/aromatic N) is 1. The van der Waals surface area contributed by atoms with Gasteiger partial charge in [0.15, 0.2) is 5.89 Å². The number of benzene rings is 1. The van der Waals surface area contributed by atoms with Crippen molar-refractivity contribution in [1.29, 1.82) is 0 Å². The highest BCUT2D eigenvalue weighted by atomic mass is 16.4. The second kappa shape index (κ2) is 6.54. The van der Waals surface area contributed by atoms with Crippen LogP contribution >= 0.6 is 0 Å². The summed E-state index contributed by atoms with van der Waals surface area (Å²) in [5, 5.41) is 6.25. The van der Waals surface area contributed by atoms with E-state index in [4.69, 9.17) is 4.42 Å². The first-order valence-corrected chi connectivity index (χ1v) is 7.10. The van der Waals surface area contributed by atoms with Crippen LogP contribution in [0.3, 0.4) is 0 Å². The zero-order chi connectivity index (χ0) is 15.4. The van der Waals surface area contributed by atoms with Gasteiger partial charge in [-0.1, -0.05) is 25.1 Å². The van der Waals surface area contributed by atoms with E-state index in [2.05, 4.69) is 29.5 Å². The van der Waals surface area contributed by atoms with Gasteiger partial charge in [0.05, 0.1) is 5.69 Å². The Morgan fingerprint density at radius 1 is 1.33 bits per heavy atom. The normalized spacial score (nSPS) is 12.2. The molecule has 0 aliphatic heterocycles. The van der Waals surface area contributed by atoms with Gasteiger partial charge in [0.2, 0.25) is 5.76 Å². The molecule has 0 fully saturated rings. The van der Waals surface area contributed by atoms with Crippen LogP contribution in [-0.4, -0.2) is 17.4 Å². The molecule has 21 heavy (non-hydrogen) atoms. The summed E-state index contributed by atoms with van der Waals surface area (Å²) in [4.78, 5) is 16.4. The zero-order valence-corrected chi connectivity index (χ0v) is 12.9. The summed E-state index contributed by atoms with van der Waals surface area (Å²) in [5.74, 6) is 0.481. The van der Waals surface area contributed by atoms with Crippen molar-refractivity contribution in [2.75, 3.05) is 11.9 Å². The summed E-state index contributed by atoms with van der Waals surface area (Å²) >= 11 is 0. The van der Waals surface area contributed by atoms with Crippen molar-refractivity contribution in [2.45, 2.75) is 33.7 Å². The number of amides is 1. The first-order chi connectivity index (χ1) is 10.0. The van der Waals surface area contributed by atoms with Crippen molar-refractivity contribution in [3.63, 3.8) is 0 Å². The summed E-state index contributed by atoms with van der Waals surface area (Å²) in [6, 6.07) is 7.91. The number of hydrogen-bond acceptors (Lipinski definition) is 4. The van der Waals surface area contributed by atoms with E-state index in [1.54, 1.807) is 13.8 Å². The van der Waals surface area contributed by atoms with Gasteiger partial charge in [0, 0.05) is 18.7 Å². The SMILES string of the molecule is CCNC(C)c1ccccc1NC(=O)c1oc(C)nc1C. The van der Waals surface area contributed by atoms with E-state index in [1.807, 2.05) is 24.3 Å². The molecule has 1 heterocycles. The third-order valence-corrected chi connectivity index (χ3v) is 3.30. The molecule has 112 valence electrons. The third kappa shape index (κ3) is 3.49. The molecule has 0 spiro atoms. The largest absolute Gasteiger partial charge is 0.436 e. The number of hydrogen-bond donors (Lipinski definition) is 2. The maximum atomic E-state index is 12.3. The van der Waals surface area contributed by atoms with Gasteiger partial charge in [0.25, 0.3) is 5.91 Å². The number of aromatic nitrogens is 1. The molecular formula is C16H21N3O2. The van der Waals surface area contributed by atoms with E-state index >= 15 is 0 Å². The van der Waals surface area contributed by atoms with Crippen LogP contribution in [0.4, 0.5) is 5.69 Å². The first-order valence-electron chi connectivity index (χ1n) is 7.10. The van der Waals surface area contributed by atoms with Crippen molar-refractivity contribution in [3.8, 4) is 0 Å². The lowest BCUT2D eigenvalue weighted by Gasteiger charge is -2.17. The number of nitrogens with one attached hydrogen (secondary N) is 2. The Kier molecular flexibility index (Phi) is 4.75. The summed E-state index contributed by atoms with van der Waals surface area (Å²) in [6.07, 6.45) is 0. The van der Waals surface area contributed by atoms with Gasteiger partial charge in [-0.05, 0) is 32.0 Å². The molecule has 0 bridgehead atoms. The molecule has 2 rings (SSSR count). The van der Waals surface area contributed by atoms with Gasteiger partial charge < -0.3 is 15.1 Å². The Labute approximate surface area is 124 Å². The van der Waals surface area contributed by atoms with Crippen LogP contribution in [-0.2, 0) is 0 Å². The Balaban J connectivity index is 2.23. The Morgan fingerprint density at radius 2 is 2.05 bits per heavy atom. The van der Waals surface area contributed by atoms with E-state index in [1.165, 1.54) is 0 Å². The van der Waals surface area contributed by atoms with Crippen molar-refractivity contribution >= 4 is 11.6 Å². The zero-order valence-electron chi connectivity index (χ0n) is 12.9. The van der Waals surface area contributed by atoms with Crippen LogP contribution in [0, 0.1) is 13.8 Å². The molecule has 2 aromatic rings. The number of aryl methyl sites for hydroxylation is 2. The number of anilines is 1. The summed E-state index contributed by atoms with van der Waals surface area (Å²) in [7, 11) is 0. The minimum Gasteiger partial charge on any atom is -0.436 e. The van der Waals surface area contributed by atoms with Crippen LogP contribution in [0.25, 0.3) is 0 Å². The van der Waals surface area contributed by atoms with Crippen LogP contribution in [0.5, 0.6) is 0 Å². The van der Waals surface area contributed by atoms with Gasteiger partial charge in [-0.3, -0.25) is 4.79 Å². The summed E-state index contributed by atoms with van der Waals surface area (Å²) in [5.41, 5.74) is 2.42. The molecule has 1 unspecified atom stereocenters. The second-order valence-corrected chi connectivity index (χ2v) is 4.97. The van der Waals surface area contributed by atoms with Gasteiger partial charge in [-0.15, -0.1) is 0 Å². The quantitative estimate of drug-likeness (QED) is 0.886. The van der Waals surface area contributed by atoms with Crippen LogP contribution in [0.15, 0.2) is 28.7 Å². The summed E-state index contributed by atoms with van der Waals surface area (Å²) in [6.45, 7) is 8.48. The molecule has 1 aromatic carbocycles. The highest BCUT2D eigenvalue weighted by Gasteiger charge is 2.18. The highest BCUT2D eigenvalue weighted by Crippen LogP contribution is 2.23. The van der Waals surface area contributed by atoms with Gasteiger partial charge in [0.1, 0.15) is 0 Å². The van der Waals surface area contributed by atoms with E-state index in [9.17, 15) is 4.79 Å². The average Bonchev–Trinajstić information content (AvgIpc) is 2.78. The number of para-hydroxylation sites is 1. The fourth-order valence-electron chi connectivity index (χ4n) is 2.33. The predicted molar refractivity (Wildman–Crippen MR) is 82.5 cm³/mol. The Bertz CT molecular complexity index is 634. The fourth-order valence-corrected chi connectivity index (χ4v) is 2.33. The van der Waals surface area contributed by atoms with Gasteiger partial charge in [-0.2, -0.15) is 0 Å². The van der Waals surface area contributed by atoms with E-state index in [0.717, 1.165) is 17.8 Å².